The summed E-state index contributed by atoms with van der Waals surface area (Å²) in [4.78, 5) is 11.6. The minimum absolute atomic E-state index is 0. The Hall–Kier alpha value is -1.10. The van der Waals surface area contributed by atoms with E-state index in [9.17, 15) is 9.90 Å². The van der Waals surface area contributed by atoms with Crippen LogP contribution >= 0.6 is 12.4 Å². The number of aliphatic hydroxyl groups is 1. The lowest BCUT2D eigenvalue weighted by atomic mass is 9.99. The number of carbonyl (C=O) groups is 1. The number of amides is 1. The summed E-state index contributed by atoms with van der Waals surface area (Å²) in [6, 6.07) is 7.68. The molecule has 5 heteroatoms. The van der Waals surface area contributed by atoms with Crippen molar-refractivity contribution in [2.24, 2.45) is 5.92 Å². The zero-order valence-corrected chi connectivity index (χ0v) is 11.9. The fraction of sp³-hybridized carbons (Fsp3) is 0.500. The molecule has 0 aromatic heterocycles. The van der Waals surface area contributed by atoms with Crippen molar-refractivity contribution >= 4 is 18.3 Å². The maximum absolute atomic E-state index is 11.6. The van der Waals surface area contributed by atoms with Crippen molar-refractivity contribution in [1.29, 1.82) is 0 Å². The number of nitrogens with one attached hydrogen (secondary N) is 2. The van der Waals surface area contributed by atoms with Gasteiger partial charge in [0.2, 0.25) is 5.91 Å². The number of halogens is 1. The molecular weight excluding hydrogens is 264 g/mol. The van der Waals surface area contributed by atoms with Crippen LogP contribution < -0.4 is 10.6 Å². The van der Waals surface area contributed by atoms with E-state index in [1.54, 1.807) is 0 Å². The smallest absolute Gasteiger partial charge is 0.220 e. The Balaban J connectivity index is 0.00000180. The topological polar surface area (TPSA) is 61.4 Å². The summed E-state index contributed by atoms with van der Waals surface area (Å²) in [5, 5.41) is 16.0. The summed E-state index contributed by atoms with van der Waals surface area (Å²) < 4.78 is 0. The molecule has 1 saturated heterocycles. The van der Waals surface area contributed by atoms with E-state index in [0.29, 0.717) is 12.3 Å². The molecule has 106 valence electrons. The average Bonchev–Trinajstić information content (AvgIpc) is 2.31. The predicted octanol–water partition coefficient (Wildman–Crippen LogP) is 1.18. The van der Waals surface area contributed by atoms with Crippen molar-refractivity contribution in [3.63, 3.8) is 0 Å². The maximum Gasteiger partial charge on any atom is 0.220 e. The minimum Gasteiger partial charge on any atom is -0.387 e. The Morgan fingerprint density at radius 3 is 2.74 bits per heavy atom. The van der Waals surface area contributed by atoms with Gasteiger partial charge in [-0.3, -0.25) is 4.79 Å². The van der Waals surface area contributed by atoms with Crippen molar-refractivity contribution in [3.8, 4) is 0 Å². The number of benzene rings is 1. The molecule has 1 aliphatic rings. The second-order valence-electron chi connectivity index (χ2n) is 4.90. The van der Waals surface area contributed by atoms with Crippen LogP contribution in [-0.2, 0) is 4.79 Å². The third kappa shape index (κ3) is 4.49. The summed E-state index contributed by atoms with van der Waals surface area (Å²) in [6.07, 6.45) is -0.0808. The van der Waals surface area contributed by atoms with Crippen molar-refractivity contribution in [1.82, 2.24) is 10.6 Å². The van der Waals surface area contributed by atoms with E-state index in [0.717, 1.165) is 24.2 Å². The van der Waals surface area contributed by atoms with E-state index in [-0.39, 0.29) is 24.9 Å². The van der Waals surface area contributed by atoms with Crippen molar-refractivity contribution < 1.29 is 9.90 Å². The molecule has 3 N–H and O–H groups in total. The Bertz CT molecular complexity index is 422. The van der Waals surface area contributed by atoms with E-state index in [1.165, 1.54) is 0 Å². The SMILES string of the molecule is Cc1ccccc1C(O)CNC(=O)CC1CNC1.Cl. The lowest BCUT2D eigenvalue weighted by Crippen LogP contribution is -2.44. The summed E-state index contributed by atoms with van der Waals surface area (Å²) >= 11 is 0. The van der Waals surface area contributed by atoms with Crippen molar-refractivity contribution in [3.05, 3.63) is 35.4 Å². The van der Waals surface area contributed by atoms with E-state index < -0.39 is 6.10 Å². The van der Waals surface area contributed by atoms with Crippen LogP contribution in [0, 0.1) is 12.8 Å². The molecule has 1 atom stereocenters. The molecule has 1 amide bonds. The molecule has 0 saturated carbocycles. The fourth-order valence-corrected chi connectivity index (χ4v) is 2.11. The number of rotatable bonds is 5. The molecule has 0 radical (unpaired) electrons. The van der Waals surface area contributed by atoms with Crippen LogP contribution in [-0.4, -0.2) is 30.6 Å². The zero-order valence-electron chi connectivity index (χ0n) is 11.1. The molecule has 0 bridgehead atoms. The quantitative estimate of drug-likeness (QED) is 0.761. The molecule has 0 aliphatic carbocycles. The summed E-state index contributed by atoms with van der Waals surface area (Å²) in [5.41, 5.74) is 1.92. The summed E-state index contributed by atoms with van der Waals surface area (Å²) in [5.74, 6) is 0.481. The number of carbonyl (C=O) groups excluding carboxylic acids is 1. The molecule has 0 spiro atoms. The molecule has 4 nitrogen and oxygen atoms in total. The molecule has 1 aromatic carbocycles. The summed E-state index contributed by atoms with van der Waals surface area (Å²) in [7, 11) is 0. The van der Waals surface area contributed by atoms with Gasteiger partial charge in [0.25, 0.3) is 0 Å². The average molecular weight is 285 g/mol. The van der Waals surface area contributed by atoms with Crippen LogP contribution in [0.1, 0.15) is 23.7 Å². The first-order valence-corrected chi connectivity index (χ1v) is 6.38. The molecule has 1 fully saturated rings. The Morgan fingerprint density at radius 1 is 1.47 bits per heavy atom. The molecule has 1 unspecified atom stereocenters. The maximum atomic E-state index is 11.6. The fourth-order valence-electron chi connectivity index (χ4n) is 2.11. The highest BCUT2D eigenvalue weighted by Gasteiger charge is 2.20. The van der Waals surface area contributed by atoms with Gasteiger partial charge in [0.15, 0.2) is 0 Å². The van der Waals surface area contributed by atoms with Crippen LogP contribution in [0.2, 0.25) is 0 Å². The largest absolute Gasteiger partial charge is 0.387 e. The van der Waals surface area contributed by atoms with E-state index in [1.807, 2.05) is 31.2 Å². The number of hydrogen-bond donors (Lipinski definition) is 3. The molecule has 19 heavy (non-hydrogen) atoms. The second kappa shape index (κ2) is 7.48. The molecular formula is C14H21ClN2O2. The second-order valence-corrected chi connectivity index (χ2v) is 4.90. The monoisotopic (exact) mass is 284 g/mol. The third-order valence-electron chi connectivity index (χ3n) is 3.38. The van der Waals surface area contributed by atoms with E-state index >= 15 is 0 Å². The Kier molecular flexibility index (Phi) is 6.28. The molecule has 1 aromatic rings. The highest BCUT2D eigenvalue weighted by atomic mass is 35.5. The van der Waals surface area contributed by atoms with Crippen LogP contribution in [0.3, 0.4) is 0 Å². The zero-order chi connectivity index (χ0) is 13.0. The summed E-state index contributed by atoms with van der Waals surface area (Å²) in [6.45, 7) is 4.09. The lowest BCUT2D eigenvalue weighted by molar-refractivity contribution is -0.122. The van der Waals surface area contributed by atoms with E-state index in [2.05, 4.69) is 10.6 Å². The molecule has 2 rings (SSSR count). The van der Waals surface area contributed by atoms with Gasteiger partial charge in [-0.25, -0.2) is 0 Å². The first-order valence-electron chi connectivity index (χ1n) is 6.38. The highest BCUT2D eigenvalue weighted by molar-refractivity contribution is 5.85. The van der Waals surface area contributed by atoms with Gasteiger partial charge in [-0.1, -0.05) is 24.3 Å². The lowest BCUT2D eigenvalue weighted by Gasteiger charge is -2.26. The van der Waals surface area contributed by atoms with Gasteiger partial charge in [-0.2, -0.15) is 0 Å². The first-order chi connectivity index (χ1) is 8.66. The van der Waals surface area contributed by atoms with Gasteiger partial charge in [0.05, 0.1) is 6.10 Å². The predicted molar refractivity (Wildman–Crippen MR) is 77.4 cm³/mol. The highest BCUT2D eigenvalue weighted by Crippen LogP contribution is 2.16. The number of aryl methyl sites for hydroxylation is 1. The Labute approximate surface area is 120 Å². The molecule has 1 aliphatic heterocycles. The van der Waals surface area contributed by atoms with Gasteiger partial charge in [0, 0.05) is 13.0 Å². The minimum atomic E-state index is -0.630. The number of hydrogen-bond acceptors (Lipinski definition) is 3. The molecule has 1 heterocycles. The van der Waals surface area contributed by atoms with Gasteiger partial charge < -0.3 is 15.7 Å². The van der Waals surface area contributed by atoms with Crippen LogP contribution in [0.15, 0.2) is 24.3 Å². The van der Waals surface area contributed by atoms with Crippen LogP contribution in [0.25, 0.3) is 0 Å². The first kappa shape index (κ1) is 16.0. The third-order valence-corrected chi connectivity index (χ3v) is 3.38. The number of aliphatic hydroxyl groups excluding tert-OH is 1. The van der Waals surface area contributed by atoms with Gasteiger partial charge in [-0.15, -0.1) is 12.4 Å². The van der Waals surface area contributed by atoms with Crippen LogP contribution in [0.4, 0.5) is 0 Å². The Morgan fingerprint density at radius 2 is 2.16 bits per heavy atom. The normalized spacial score (nSPS) is 16.1. The standard InChI is InChI=1S/C14H20N2O2.ClH/c1-10-4-2-3-5-12(10)13(17)9-16-14(18)6-11-7-15-8-11;/h2-5,11,13,15,17H,6-9H2,1H3,(H,16,18);1H. The van der Waals surface area contributed by atoms with Crippen molar-refractivity contribution in [2.75, 3.05) is 19.6 Å². The van der Waals surface area contributed by atoms with Gasteiger partial charge >= 0.3 is 0 Å². The van der Waals surface area contributed by atoms with Gasteiger partial charge in [-0.05, 0) is 37.1 Å². The van der Waals surface area contributed by atoms with Gasteiger partial charge in [0.1, 0.15) is 0 Å². The van der Waals surface area contributed by atoms with E-state index in [4.69, 9.17) is 0 Å². The van der Waals surface area contributed by atoms with Crippen LogP contribution in [0.5, 0.6) is 0 Å². The van der Waals surface area contributed by atoms with Crippen molar-refractivity contribution in [2.45, 2.75) is 19.4 Å².